The minimum Gasteiger partial charge on any atom is -0.480 e. The second-order valence-electron chi connectivity index (χ2n) is 9.86. The molecular weight excluding hydrogens is 476 g/mol. The van der Waals surface area contributed by atoms with Gasteiger partial charge in [0.1, 0.15) is 18.1 Å². The number of likely N-dealkylation sites (tertiary alicyclic amines) is 1. The second-order valence-corrected chi connectivity index (χ2v) is 9.86. The summed E-state index contributed by atoms with van der Waals surface area (Å²) in [6.07, 6.45) is 4.86. The Morgan fingerprint density at radius 3 is 2.49 bits per heavy atom. The standard InChI is InChI=1S/C26H36N6O5/c1-16(2)11-21(26(36)37)31-23(33)20(12-17-7-4-3-5-8-17)30-24(34)22-9-6-10-32(22)25(35)19(27)13-18-14-28-15-29-18/h3-5,7-8,14-16,19-22H,6,9-13,27H2,1-2H3,(H,28,29)(H,30,34)(H,31,33)(H,36,37). The minimum atomic E-state index is -1.13. The molecule has 0 bridgehead atoms. The molecule has 1 aromatic carbocycles. The van der Waals surface area contributed by atoms with Crippen molar-refractivity contribution in [3.63, 3.8) is 0 Å². The zero-order valence-corrected chi connectivity index (χ0v) is 21.2. The topological polar surface area (TPSA) is 171 Å². The van der Waals surface area contributed by atoms with Gasteiger partial charge in [-0.1, -0.05) is 44.2 Å². The Balaban J connectivity index is 1.72. The van der Waals surface area contributed by atoms with E-state index in [0.29, 0.717) is 19.4 Å². The van der Waals surface area contributed by atoms with Crippen LogP contribution >= 0.6 is 0 Å². The van der Waals surface area contributed by atoms with Gasteiger partial charge >= 0.3 is 5.97 Å². The number of aromatic amines is 1. The van der Waals surface area contributed by atoms with Gasteiger partial charge in [-0.2, -0.15) is 0 Å². The van der Waals surface area contributed by atoms with E-state index in [1.165, 1.54) is 11.2 Å². The van der Waals surface area contributed by atoms with Crippen molar-refractivity contribution in [1.29, 1.82) is 0 Å². The molecule has 3 rings (SSSR count). The Labute approximate surface area is 216 Å². The van der Waals surface area contributed by atoms with E-state index in [1.54, 1.807) is 6.20 Å². The molecule has 1 aromatic heterocycles. The lowest BCUT2D eigenvalue weighted by molar-refractivity contribution is -0.143. The van der Waals surface area contributed by atoms with E-state index in [4.69, 9.17) is 5.73 Å². The van der Waals surface area contributed by atoms with Crippen LogP contribution in [0.15, 0.2) is 42.9 Å². The van der Waals surface area contributed by atoms with E-state index < -0.39 is 42.0 Å². The number of aliphatic carboxylic acids is 1. The minimum absolute atomic E-state index is 0.0487. The molecule has 2 aromatic rings. The van der Waals surface area contributed by atoms with Crippen molar-refractivity contribution in [3.05, 3.63) is 54.1 Å². The number of H-pyrrole nitrogens is 1. The molecule has 11 heteroatoms. The van der Waals surface area contributed by atoms with E-state index in [1.807, 2.05) is 44.2 Å². The number of carboxylic acid groups (broad SMARTS) is 1. The van der Waals surface area contributed by atoms with E-state index in [-0.39, 0.29) is 31.1 Å². The zero-order chi connectivity index (χ0) is 26.9. The van der Waals surface area contributed by atoms with Crippen molar-refractivity contribution in [3.8, 4) is 0 Å². The highest BCUT2D eigenvalue weighted by molar-refractivity contribution is 5.94. The van der Waals surface area contributed by atoms with Crippen LogP contribution in [0.4, 0.5) is 0 Å². The summed E-state index contributed by atoms with van der Waals surface area (Å²) < 4.78 is 0. The van der Waals surface area contributed by atoms with Crippen molar-refractivity contribution in [2.24, 2.45) is 11.7 Å². The van der Waals surface area contributed by atoms with Crippen LogP contribution < -0.4 is 16.4 Å². The summed E-state index contributed by atoms with van der Waals surface area (Å²) in [5.41, 5.74) is 7.66. The predicted molar refractivity (Wildman–Crippen MR) is 136 cm³/mol. The first kappa shape index (κ1) is 27.9. The van der Waals surface area contributed by atoms with Crippen LogP contribution in [0.25, 0.3) is 0 Å². The summed E-state index contributed by atoms with van der Waals surface area (Å²) in [6.45, 7) is 4.13. The number of benzene rings is 1. The summed E-state index contributed by atoms with van der Waals surface area (Å²) in [6, 6.07) is 5.45. The molecule has 0 aliphatic carbocycles. The molecule has 6 N–H and O–H groups in total. The van der Waals surface area contributed by atoms with Gasteiger partial charge < -0.3 is 31.4 Å². The van der Waals surface area contributed by atoms with Gasteiger partial charge in [-0.25, -0.2) is 9.78 Å². The number of carbonyl (C=O) groups is 4. The molecule has 1 saturated heterocycles. The fourth-order valence-electron chi connectivity index (χ4n) is 4.53. The molecule has 0 radical (unpaired) electrons. The number of carboxylic acids is 1. The zero-order valence-electron chi connectivity index (χ0n) is 21.2. The third kappa shape index (κ3) is 7.88. The second kappa shape index (κ2) is 13.0. The van der Waals surface area contributed by atoms with E-state index in [2.05, 4.69) is 20.6 Å². The smallest absolute Gasteiger partial charge is 0.326 e. The van der Waals surface area contributed by atoms with Gasteiger partial charge in [-0.3, -0.25) is 14.4 Å². The number of nitrogens with zero attached hydrogens (tertiary/aromatic N) is 2. The van der Waals surface area contributed by atoms with Gasteiger partial charge in [-0.05, 0) is 30.7 Å². The quantitative estimate of drug-likeness (QED) is 0.277. The van der Waals surface area contributed by atoms with E-state index in [9.17, 15) is 24.3 Å². The summed E-state index contributed by atoms with van der Waals surface area (Å²) in [5, 5.41) is 14.9. The number of hydrogen-bond acceptors (Lipinski definition) is 6. The summed E-state index contributed by atoms with van der Waals surface area (Å²) in [5.74, 6) is -2.49. The largest absolute Gasteiger partial charge is 0.480 e. The van der Waals surface area contributed by atoms with Gasteiger partial charge in [0.15, 0.2) is 0 Å². The highest BCUT2D eigenvalue weighted by Gasteiger charge is 2.38. The van der Waals surface area contributed by atoms with Crippen LogP contribution in [0.2, 0.25) is 0 Å². The Kier molecular flexibility index (Phi) is 9.78. The van der Waals surface area contributed by atoms with Crippen molar-refractivity contribution in [1.82, 2.24) is 25.5 Å². The fourth-order valence-corrected chi connectivity index (χ4v) is 4.53. The monoisotopic (exact) mass is 512 g/mol. The number of hydrogen-bond donors (Lipinski definition) is 5. The van der Waals surface area contributed by atoms with Crippen molar-refractivity contribution < 1.29 is 24.3 Å². The first-order chi connectivity index (χ1) is 17.7. The fraction of sp³-hybridized carbons (Fsp3) is 0.500. The third-order valence-electron chi connectivity index (χ3n) is 6.39. The summed E-state index contributed by atoms with van der Waals surface area (Å²) in [4.78, 5) is 59.6. The van der Waals surface area contributed by atoms with E-state index >= 15 is 0 Å². The molecule has 11 nitrogen and oxygen atoms in total. The Morgan fingerprint density at radius 1 is 1.14 bits per heavy atom. The molecule has 37 heavy (non-hydrogen) atoms. The lowest BCUT2D eigenvalue weighted by Gasteiger charge is -2.28. The first-order valence-corrected chi connectivity index (χ1v) is 12.6. The van der Waals surface area contributed by atoms with Gasteiger partial charge in [-0.15, -0.1) is 0 Å². The molecule has 1 fully saturated rings. The molecule has 1 aliphatic heterocycles. The van der Waals surface area contributed by atoms with Gasteiger partial charge in [0.25, 0.3) is 0 Å². The van der Waals surface area contributed by atoms with Gasteiger partial charge in [0.2, 0.25) is 17.7 Å². The van der Waals surface area contributed by atoms with Crippen LogP contribution in [-0.2, 0) is 32.0 Å². The number of imidazole rings is 1. The molecule has 3 amide bonds. The maximum Gasteiger partial charge on any atom is 0.326 e. The lowest BCUT2D eigenvalue weighted by atomic mass is 10.0. The van der Waals surface area contributed by atoms with Crippen molar-refractivity contribution in [2.75, 3.05) is 6.54 Å². The molecule has 0 spiro atoms. The van der Waals surface area contributed by atoms with Crippen LogP contribution in [0.1, 0.15) is 44.4 Å². The lowest BCUT2D eigenvalue weighted by Crippen LogP contribution is -2.57. The van der Waals surface area contributed by atoms with Crippen LogP contribution in [-0.4, -0.2) is 74.4 Å². The average Bonchev–Trinajstić information content (AvgIpc) is 3.55. The van der Waals surface area contributed by atoms with Crippen molar-refractivity contribution >= 4 is 23.7 Å². The molecule has 1 aliphatic rings. The first-order valence-electron chi connectivity index (χ1n) is 12.6. The molecule has 2 heterocycles. The van der Waals surface area contributed by atoms with Gasteiger partial charge in [0, 0.05) is 31.3 Å². The Hall–Kier alpha value is -3.73. The number of aromatic nitrogens is 2. The number of rotatable bonds is 12. The summed E-state index contributed by atoms with van der Waals surface area (Å²) in [7, 11) is 0. The highest BCUT2D eigenvalue weighted by Crippen LogP contribution is 2.20. The van der Waals surface area contributed by atoms with Gasteiger partial charge in [0.05, 0.1) is 12.4 Å². The molecular formula is C26H36N6O5. The van der Waals surface area contributed by atoms with Crippen LogP contribution in [0.3, 0.4) is 0 Å². The normalized spacial score (nSPS) is 17.7. The maximum atomic E-state index is 13.3. The number of carbonyl (C=O) groups excluding carboxylic acids is 3. The Morgan fingerprint density at radius 2 is 1.86 bits per heavy atom. The SMILES string of the molecule is CC(C)CC(NC(=O)C(Cc1ccccc1)NC(=O)C1CCCN1C(=O)C(N)Cc1cnc[nH]1)C(=O)O. The van der Waals surface area contributed by atoms with E-state index in [0.717, 1.165) is 11.3 Å². The highest BCUT2D eigenvalue weighted by atomic mass is 16.4. The van der Waals surface area contributed by atoms with Crippen molar-refractivity contribution in [2.45, 2.75) is 70.1 Å². The molecule has 4 unspecified atom stereocenters. The molecule has 200 valence electrons. The maximum absolute atomic E-state index is 13.3. The number of nitrogens with two attached hydrogens (primary N) is 1. The third-order valence-corrected chi connectivity index (χ3v) is 6.39. The molecule has 0 saturated carbocycles. The number of nitrogens with one attached hydrogen (secondary N) is 3. The average molecular weight is 513 g/mol. The van der Waals surface area contributed by atoms with Crippen LogP contribution in [0, 0.1) is 5.92 Å². The molecule has 4 atom stereocenters. The Bertz CT molecular complexity index is 1060. The predicted octanol–water partition coefficient (Wildman–Crippen LogP) is 0.614. The number of amides is 3. The summed E-state index contributed by atoms with van der Waals surface area (Å²) >= 11 is 0. The van der Waals surface area contributed by atoms with Crippen LogP contribution in [0.5, 0.6) is 0 Å².